The van der Waals surface area contributed by atoms with E-state index in [1.54, 1.807) is 11.1 Å². The summed E-state index contributed by atoms with van der Waals surface area (Å²) in [6.45, 7) is 0. The molecule has 272 valence electrons. The minimum Gasteiger partial charge on any atom is -0.455 e. The van der Waals surface area contributed by atoms with Gasteiger partial charge in [-0.1, -0.05) is 152 Å². The second-order valence-electron chi connectivity index (χ2n) is 17.6. The standard InChI is InChI=1S/C56H42O/c1-2-11-36(12-3-1)42-25-26-43(46-14-5-4-13-45(42)46)37-21-23-38(24-22-37)50-32-39(44-17-10-18-49-48-16-7-9-20-53(48)57-55(44)49)33-51-47-15-6-8-19-52(47)56(54(50)51)40-28-34-27-35(30-40)31-41(56)29-34/h1-26,32-35,40-41H,27-31H2. The molecule has 0 saturated heterocycles. The Bertz CT molecular complexity index is 3040. The molecule has 1 aromatic heterocycles. The van der Waals surface area contributed by atoms with E-state index in [1.807, 2.05) is 0 Å². The van der Waals surface area contributed by atoms with E-state index in [2.05, 4.69) is 170 Å². The fourth-order valence-electron chi connectivity index (χ4n) is 12.9. The minimum absolute atomic E-state index is 0.0563. The predicted molar refractivity (Wildman–Crippen MR) is 236 cm³/mol. The first-order valence-electron chi connectivity index (χ1n) is 21.1. The summed E-state index contributed by atoms with van der Waals surface area (Å²) in [5.41, 5.74) is 18.2. The van der Waals surface area contributed by atoms with Gasteiger partial charge in [-0.3, -0.25) is 0 Å². The molecule has 0 radical (unpaired) electrons. The van der Waals surface area contributed by atoms with Gasteiger partial charge in [-0.2, -0.15) is 0 Å². The molecule has 1 heterocycles. The first kappa shape index (κ1) is 32.0. The van der Waals surface area contributed by atoms with Crippen molar-refractivity contribution in [2.75, 3.05) is 0 Å². The first-order valence-corrected chi connectivity index (χ1v) is 21.1. The zero-order valence-electron chi connectivity index (χ0n) is 31.9. The van der Waals surface area contributed by atoms with Gasteiger partial charge in [-0.05, 0) is 146 Å². The van der Waals surface area contributed by atoms with Gasteiger partial charge in [0.1, 0.15) is 11.2 Å². The average Bonchev–Trinajstić information content (AvgIpc) is 3.79. The topological polar surface area (TPSA) is 13.1 Å². The summed E-state index contributed by atoms with van der Waals surface area (Å²) in [6.07, 6.45) is 6.92. The van der Waals surface area contributed by atoms with Gasteiger partial charge >= 0.3 is 0 Å². The summed E-state index contributed by atoms with van der Waals surface area (Å²) in [5.74, 6) is 3.16. The molecule has 4 saturated carbocycles. The van der Waals surface area contributed by atoms with Crippen LogP contribution in [0.25, 0.3) is 88.3 Å². The lowest BCUT2D eigenvalue weighted by atomic mass is 9.42. The lowest BCUT2D eigenvalue weighted by Crippen LogP contribution is -2.55. The van der Waals surface area contributed by atoms with Crippen molar-refractivity contribution < 1.29 is 4.42 Å². The molecule has 4 fully saturated rings. The highest BCUT2D eigenvalue weighted by molar-refractivity contribution is 6.10. The molecule has 0 atom stereocenters. The Kier molecular flexibility index (Phi) is 6.68. The fraction of sp³-hybridized carbons (Fsp3) is 0.179. The summed E-state index contributed by atoms with van der Waals surface area (Å²) in [5, 5.41) is 4.93. The van der Waals surface area contributed by atoms with Crippen molar-refractivity contribution in [2.24, 2.45) is 23.7 Å². The van der Waals surface area contributed by atoms with Crippen LogP contribution in [0.15, 0.2) is 174 Å². The van der Waals surface area contributed by atoms with Crippen LogP contribution in [-0.4, -0.2) is 0 Å². The second-order valence-corrected chi connectivity index (χ2v) is 17.6. The van der Waals surface area contributed by atoms with Gasteiger partial charge < -0.3 is 4.42 Å². The SMILES string of the molecule is c1ccc(-c2ccc(-c3ccc(-c4cc(-c5cccc6c5oc5ccccc56)cc5c4C4(c6ccccc6-5)C5CC6CC(C5)CC4C6)cc3)c3ccccc23)cc1. The smallest absolute Gasteiger partial charge is 0.143 e. The largest absolute Gasteiger partial charge is 0.455 e. The van der Waals surface area contributed by atoms with Gasteiger partial charge in [0.25, 0.3) is 0 Å². The molecule has 9 aromatic rings. The van der Waals surface area contributed by atoms with Gasteiger partial charge in [-0.15, -0.1) is 0 Å². The molecule has 0 aliphatic heterocycles. The number of para-hydroxylation sites is 2. The van der Waals surface area contributed by atoms with Crippen LogP contribution in [-0.2, 0) is 5.41 Å². The summed E-state index contributed by atoms with van der Waals surface area (Å²) in [4.78, 5) is 0. The highest BCUT2D eigenvalue weighted by atomic mass is 16.3. The molecular formula is C56H42O. The molecule has 14 rings (SSSR count). The third-order valence-electron chi connectivity index (χ3n) is 14.9. The molecule has 0 N–H and O–H groups in total. The maximum absolute atomic E-state index is 6.70. The lowest BCUT2D eigenvalue weighted by molar-refractivity contribution is -0.0397. The van der Waals surface area contributed by atoms with Crippen molar-refractivity contribution in [3.63, 3.8) is 0 Å². The number of hydrogen-bond donors (Lipinski definition) is 0. The van der Waals surface area contributed by atoms with Crippen LogP contribution < -0.4 is 0 Å². The molecule has 0 amide bonds. The van der Waals surface area contributed by atoms with Crippen molar-refractivity contribution in [1.29, 1.82) is 0 Å². The van der Waals surface area contributed by atoms with Gasteiger partial charge in [0.05, 0.1) is 0 Å². The van der Waals surface area contributed by atoms with Crippen molar-refractivity contribution in [1.82, 2.24) is 0 Å². The Morgan fingerprint density at radius 3 is 1.63 bits per heavy atom. The van der Waals surface area contributed by atoms with Crippen LogP contribution in [0.4, 0.5) is 0 Å². The Labute approximate surface area is 333 Å². The Balaban J connectivity index is 1.04. The van der Waals surface area contributed by atoms with E-state index in [-0.39, 0.29) is 5.41 Å². The fourth-order valence-corrected chi connectivity index (χ4v) is 12.9. The van der Waals surface area contributed by atoms with E-state index in [9.17, 15) is 0 Å². The van der Waals surface area contributed by atoms with E-state index < -0.39 is 0 Å². The molecule has 5 aliphatic rings. The number of furan rings is 1. The van der Waals surface area contributed by atoms with Crippen molar-refractivity contribution >= 4 is 32.7 Å². The molecular weight excluding hydrogens is 689 g/mol. The van der Waals surface area contributed by atoms with Crippen molar-refractivity contribution in [3.05, 3.63) is 181 Å². The summed E-state index contributed by atoms with van der Waals surface area (Å²) >= 11 is 0. The molecule has 1 spiro atoms. The first-order chi connectivity index (χ1) is 28.2. The maximum atomic E-state index is 6.70. The molecule has 5 aliphatic carbocycles. The van der Waals surface area contributed by atoms with Crippen LogP contribution >= 0.6 is 0 Å². The summed E-state index contributed by atoms with van der Waals surface area (Å²) in [6, 6.07) is 63.7. The predicted octanol–water partition coefficient (Wildman–Crippen LogP) is 15.1. The van der Waals surface area contributed by atoms with Crippen molar-refractivity contribution in [3.8, 4) is 55.6 Å². The van der Waals surface area contributed by atoms with Crippen LogP contribution in [0, 0.1) is 23.7 Å². The van der Waals surface area contributed by atoms with Crippen LogP contribution in [0.3, 0.4) is 0 Å². The monoisotopic (exact) mass is 730 g/mol. The zero-order chi connectivity index (χ0) is 37.2. The molecule has 0 unspecified atom stereocenters. The van der Waals surface area contributed by atoms with Crippen LogP contribution in [0.5, 0.6) is 0 Å². The Morgan fingerprint density at radius 1 is 0.368 bits per heavy atom. The van der Waals surface area contributed by atoms with Crippen LogP contribution in [0.2, 0.25) is 0 Å². The van der Waals surface area contributed by atoms with Crippen LogP contribution in [0.1, 0.15) is 43.2 Å². The van der Waals surface area contributed by atoms with E-state index in [0.29, 0.717) is 11.8 Å². The second kappa shape index (κ2) is 11.9. The molecule has 4 bridgehead atoms. The number of rotatable bonds is 4. The van der Waals surface area contributed by atoms with E-state index >= 15 is 0 Å². The van der Waals surface area contributed by atoms with Gasteiger partial charge in [0, 0.05) is 21.8 Å². The van der Waals surface area contributed by atoms with Crippen molar-refractivity contribution in [2.45, 2.75) is 37.5 Å². The van der Waals surface area contributed by atoms with Gasteiger partial charge in [0.2, 0.25) is 0 Å². The zero-order valence-corrected chi connectivity index (χ0v) is 31.9. The van der Waals surface area contributed by atoms with Gasteiger partial charge in [-0.25, -0.2) is 0 Å². The lowest BCUT2D eigenvalue weighted by Gasteiger charge is -2.61. The number of fused-ring (bicyclic) bond motifs is 7. The Morgan fingerprint density at radius 2 is 0.912 bits per heavy atom. The average molecular weight is 731 g/mol. The van der Waals surface area contributed by atoms with E-state index in [0.717, 1.165) is 28.6 Å². The Hall–Kier alpha value is -6.18. The number of hydrogen-bond acceptors (Lipinski definition) is 1. The maximum Gasteiger partial charge on any atom is 0.143 e. The quantitative estimate of drug-likeness (QED) is 0.176. The molecule has 57 heavy (non-hydrogen) atoms. The third-order valence-corrected chi connectivity index (χ3v) is 14.9. The summed E-state index contributed by atoms with van der Waals surface area (Å²) < 4.78 is 6.70. The minimum atomic E-state index is 0.0563. The molecule has 1 nitrogen and oxygen atoms in total. The number of benzene rings is 8. The van der Waals surface area contributed by atoms with E-state index in [1.165, 1.54) is 104 Å². The highest BCUT2D eigenvalue weighted by Gasteiger charge is 2.62. The highest BCUT2D eigenvalue weighted by Crippen LogP contribution is 2.70. The molecule has 8 aromatic carbocycles. The normalized spacial score (nSPS) is 22.8. The molecule has 1 heteroatoms. The summed E-state index contributed by atoms with van der Waals surface area (Å²) in [7, 11) is 0. The third kappa shape index (κ3) is 4.46. The van der Waals surface area contributed by atoms with E-state index in [4.69, 9.17) is 4.42 Å². The van der Waals surface area contributed by atoms with Gasteiger partial charge in [0.15, 0.2) is 0 Å².